The molecule has 1 fully saturated rings. The third-order valence-electron chi connectivity index (χ3n) is 3.39. The molecular weight excluding hydrogens is 284 g/mol. The van der Waals surface area contributed by atoms with Crippen molar-refractivity contribution in [3.8, 4) is 18.1 Å². The number of nitrogens with zero attached hydrogens (tertiary/aromatic N) is 1. The molecule has 1 unspecified atom stereocenters. The Morgan fingerprint density at radius 2 is 2.33 bits per heavy atom. The Morgan fingerprint density at radius 3 is 3.14 bits per heavy atom. The van der Waals surface area contributed by atoms with Crippen LogP contribution in [0.4, 0.5) is 10.5 Å². The van der Waals surface area contributed by atoms with Crippen LogP contribution in [-0.2, 0) is 0 Å². The minimum atomic E-state index is -0.0817. The van der Waals surface area contributed by atoms with Crippen molar-refractivity contribution in [2.24, 2.45) is 0 Å². The standard InChI is InChI=1S/C16H20N2O2S/c1-3-10-20-15-7-5-4-6-14(15)17-16(19)18-9-12-21-11-8-13(18)2/h1,4-7,13H,8-12H2,2H3,(H,17,19). The number of rotatable bonds is 3. The monoisotopic (exact) mass is 304 g/mol. The van der Waals surface area contributed by atoms with Crippen LogP contribution in [0.25, 0.3) is 0 Å². The first-order chi connectivity index (χ1) is 10.2. The zero-order valence-electron chi connectivity index (χ0n) is 12.2. The lowest BCUT2D eigenvalue weighted by Crippen LogP contribution is -2.42. The van der Waals surface area contributed by atoms with Crippen LogP contribution in [0.15, 0.2) is 24.3 Å². The van der Waals surface area contributed by atoms with Crippen molar-refractivity contribution in [1.82, 2.24) is 4.90 Å². The van der Waals surface area contributed by atoms with Crippen LogP contribution in [0.5, 0.6) is 5.75 Å². The number of carbonyl (C=O) groups excluding carboxylic acids is 1. The fraction of sp³-hybridized carbons (Fsp3) is 0.438. The first kappa shape index (κ1) is 15.6. The summed E-state index contributed by atoms with van der Waals surface area (Å²) in [6.07, 6.45) is 6.23. The van der Waals surface area contributed by atoms with Gasteiger partial charge in [-0.25, -0.2) is 4.79 Å². The number of nitrogens with one attached hydrogen (secondary N) is 1. The predicted molar refractivity (Wildman–Crippen MR) is 87.9 cm³/mol. The van der Waals surface area contributed by atoms with E-state index >= 15 is 0 Å². The second-order valence-electron chi connectivity index (χ2n) is 4.86. The maximum atomic E-state index is 12.5. The molecule has 1 aromatic rings. The Kier molecular flexibility index (Phi) is 5.82. The Balaban J connectivity index is 2.06. The van der Waals surface area contributed by atoms with Crippen LogP contribution in [0.1, 0.15) is 13.3 Å². The highest BCUT2D eigenvalue weighted by atomic mass is 32.2. The minimum Gasteiger partial charge on any atom is -0.479 e. The van der Waals surface area contributed by atoms with Crippen LogP contribution >= 0.6 is 11.8 Å². The van der Waals surface area contributed by atoms with Gasteiger partial charge in [-0.3, -0.25) is 0 Å². The van der Waals surface area contributed by atoms with Crippen LogP contribution in [0, 0.1) is 12.3 Å². The highest BCUT2D eigenvalue weighted by Gasteiger charge is 2.22. The fourth-order valence-electron chi connectivity index (χ4n) is 2.20. The molecule has 1 aliphatic rings. The summed E-state index contributed by atoms with van der Waals surface area (Å²) >= 11 is 1.89. The average Bonchev–Trinajstić information content (AvgIpc) is 2.71. The molecule has 5 heteroatoms. The number of hydrogen-bond acceptors (Lipinski definition) is 3. The highest BCUT2D eigenvalue weighted by molar-refractivity contribution is 7.99. The quantitative estimate of drug-likeness (QED) is 0.873. The number of hydrogen-bond donors (Lipinski definition) is 1. The summed E-state index contributed by atoms with van der Waals surface area (Å²) in [5.74, 6) is 5.11. The maximum absolute atomic E-state index is 12.5. The van der Waals surface area contributed by atoms with Gasteiger partial charge in [0.25, 0.3) is 0 Å². The van der Waals surface area contributed by atoms with E-state index in [2.05, 4.69) is 18.2 Å². The lowest BCUT2D eigenvalue weighted by molar-refractivity contribution is 0.197. The molecule has 1 atom stereocenters. The summed E-state index contributed by atoms with van der Waals surface area (Å²) < 4.78 is 5.45. The molecule has 0 spiro atoms. The van der Waals surface area contributed by atoms with Crippen molar-refractivity contribution in [2.75, 3.05) is 30.0 Å². The zero-order chi connectivity index (χ0) is 15.1. The molecule has 21 heavy (non-hydrogen) atoms. The molecule has 1 N–H and O–H groups in total. The molecule has 4 nitrogen and oxygen atoms in total. The third kappa shape index (κ3) is 4.33. The molecule has 0 aromatic heterocycles. The normalized spacial score (nSPS) is 18.5. The van der Waals surface area contributed by atoms with Gasteiger partial charge in [-0.1, -0.05) is 18.1 Å². The summed E-state index contributed by atoms with van der Waals surface area (Å²) in [4.78, 5) is 14.4. The third-order valence-corrected chi connectivity index (χ3v) is 4.38. The lowest BCUT2D eigenvalue weighted by atomic mass is 10.2. The number of ether oxygens (including phenoxy) is 1. The Hall–Kier alpha value is -1.80. The topological polar surface area (TPSA) is 41.6 Å². The van der Waals surface area contributed by atoms with Crippen molar-refractivity contribution in [3.63, 3.8) is 0 Å². The van der Waals surface area contributed by atoms with Crippen molar-refractivity contribution in [2.45, 2.75) is 19.4 Å². The van der Waals surface area contributed by atoms with E-state index in [0.29, 0.717) is 11.4 Å². The first-order valence-corrected chi connectivity index (χ1v) is 8.18. The molecule has 0 radical (unpaired) electrons. The molecule has 2 rings (SSSR count). The second-order valence-corrected chi connectivity index (χ2v) is 6.09. The minimum absolute atomic E-state index is 0.0817. The van der Waals surface area contributed by atoms with Gasteiger partial charge in [0.1, 0.15) is 12.4 Å². The molecule has 0 bridgehead atoms. The first-order valence-electron chi connectivity index (χ1n) is 7.03. The van der Waals surface area contributed by atoms with E-state index in [1.54, 1.807) is 6.07 Å². The van der Waals surface area contributed by atoms with Gasteiger partial charge in [0.15, 0.2) is 0 Å². The largest absolute Gasteiger partial charge is 0.479 e. The van der Waals surface area contributed by atoms with Gasteiger partial charge in [-0.2, -0.15) is 11.8 Å². The van der Waals surface area contributed by atoms with E-state index in [1.165, 1.54) is 0 Å². The molecular formula is C16H20N2O2S. The number of amides is 2. The number of thioether (sulfide) groups is 1. The molecule has 1 heterocycles. The Bertz CT molecular complexity index is 527. The number of benzene rings is 1. The molecule has 0 saturated carbocycles. The van der Waals surface area contributed by atoms with E-state index in [4.69, 9.17) is 11.2 Å². The number of terminal acetylenes is 1. The average molecular weight is 304 g/mol. The highest BCUT2D eigenvalue weighted by Crippen LogP contribution is 2.25. The SMILES string of the molecule is C#CCOc1ccccc1NC(=O)N1CCSCCC1C. The van der Waals surface area contributed by atoms with Crippen LogP contribution < -0.4 is 10.1 Å². The van der Waals surface area contributed by atoms with E-state index in [1.807, 2.05) is 34.9 Å². The summed E-state index contributed by atoms with van der Waals surface area (Å²) in [7, 11) is 0. The maximum Gasteiger partial charge on any atom is 0.322 e. The number of para-hydroxylation sites is 2. The molecule has 1 aliphatic heterocycles. The smallest absolute Gasteiger partial charge is 0.322 e. The predicted octanol–water partition coefficient (Wildman–Crippen LogP) is 3.06. The number of anilines is 1. The number of carbonyl (C=O) groups is 1. The summed E-state index contributed by atoms with van der Waals surface area (Å²) in [6, 6.07) is 7.50. The van der Waals surface area contributed by atoms with Gasteiger partial charge >= 0.3 is 6.03 Å². The molecule has 112 valence electrons. The van der Waals surface area contributed by atoms with Crippen molar-refractivity contribution >= 4 is 23.5 Å². The fourth-order valence-corrected chi connectivity index (χ4v) is 3.24. The van der Waals surface area contributed by atoms with Gasteiger partial charge in [0.05, 0.1) is 5.69 Å². The van der Waals surface area contributed by atoms with Gasteiger partial charge in [-0.05, 0) is 31.2 Å². The van der Waals surface area contributed by atoms with Gasteiger partial charge < -0.3 is 15.0 Å². The second kappa shape index (κ2) is 7.84. The van der Waals surface area contributed by atoms with Crippen LogP contribution in [0.2, 0.25) is 0 Å². The lowest BCUT2D eigenvalue weighted by Gasteiger charge is -2.27. The van der Waals surface area contributed by atoms with E-state index in [9.17, 15) is 4.79 Å². The molecule has 0 aliphatic carbocycles. The van der Waals surface area contributed by atoms with Crippen molar-refractivity contribution < 1.29 is 9.53 Å². The molecule has 2 amide bonds. The summed E-state index contributed by atoms with van der Waals surface area (Å²) in [5, 5.41) is 2.93. The van der Waals surface area contributed by atoms with E-state index < -0.39 is 0 Å². The van der Waals surface area contributed by atoms with Gasteiger partial charge in [0.2, 0.25) is 0 Å². The summed E-state index contributed by atoms with van der Waals surface area (Å²) in [6.45, 7) is 3.04. The van der Waals surface area contributed by atoms with Gasteiger partial charge in [0, 0.05) is 18.3 Å². The Labute approximate surface area is 130 Å². The van der Waals surface area contributed by atoms with Crippen LogP contribution in [-0.4, -0.2) is 41.6 Å². The zero-order valence-corrected chi connectivity index (χ0v) is 13.0. The molecule has 1 aromatic carbocycles. The van der Waals surface area contributed by atoms with Crippen molar-refractivity contribution in [3.05, 3.63) is 24.3 Å². The van der Waals surface area contributed by atoms with Crippen LogP contribution in [0.3, 0.4) is 0 Å². The van der Waals surface area contributed by atoms with Crippen molar-refractivity contribution in [1.29, 1.82) is 0 Å². The summed E-state index contributed by atoms with van der Waals surface area (Å²) in [5.41, 5.74) is 0.654. The number of urea groups is 1. The van der Waals surface area contributed by atoms with E-state index in [0.717, 1.165) is 24.5 Å². The Morgan fingerprint density at radius 1 is 1.52 bits per heavy atom. The van der Waals surface area contributed by atoms with E-state index in [-0.39, 0.29) is 18.7 Å². The molecule has 1 saturated heterocycles. The van der Waals surface area contributed by atoms with Gasteiger partial charge in [-0.15, -0.1) is 6.42 Å².